The molecule has 0 bridgehead atoms. The molecule has 0 aliphatic heterocycles. The van der Waals surface area contributed by atoms with Crippen molar-refractivity contribution in [2.45, 2.75) is 0 Å². The van der Waals surface area contributed by atoms with E-state index >= 15 is 0 Å². The quantitative estimate of drug-likeness (QED) is 0.628. The predicted molar refractivity (Wildman–Crippen MR) is 62.6 cm³/mol. The molecule has 16 heavy (non-hydrogen) atoms. The van der Waals surface area contributed by atoms with E-state index in [4.69, 9.17) is 4.74 Å². The van der Waals surface area contributed by atoms with Gasteiger partial charge < -0.3 is 4.74 Å². The van der Waals surface area contributed by atoms with Gasteiger partial charge in [-0.1, -0.05) is 0 Å². The molecule has 0 saturated heterocycles. The van der Waals surface area contributed by atoms with E-state index < -0.39 is 4.92 Å². The van der Waals surface area contributed by atoms with Crippen molar-refractivity contribution in [3.05, 3.63) is 39.0 Å². The Labute approximate surface area is 99.3 Å². The normalized spacial score (nSPS) is 10.4. The van der Waals surface area contributed by atoms with Crippen LogP contribution in [0.3, 0.4) is 0 Å². The molecule has 0 saturated carbocycles. The lowest BCUT2D eigenvalue weighted by atomic mass is 10.2. The molecule has 0 atom stereocenters. The molecule has 5 nitrogen and oxygen atoms in total. The number of nitro benzene ring substituents is 1. The number of ether oxygens (including phenoxy) is 1. The van der Waals surface area contributed by atoms with Crippen molar-refractivity contribution < 1.29 is 9.66 Å². The molecule has 1 aromatic heterocycles. The van der Waals surface area contributed by atoms with Crippen molar-refractivity contribution >= 4 is 32.5 Å². The lowest BCUT2D eigenvalue weighted by Gasteiger charge is -2.06. The maximum atomic E-state index is 10.9. The standard InChI is InChI=1S/C10H7BrN2O3/c1-16-8-5-7(13(14)15)10-6(9(8)11)3-2-4-12-10/h2-5H,1H3. The molecule has 0 unspecified atom stereocenters. The van der Waals surface area contributed by atoms with E-state index in [9.17, 15) is 10.1 Å². The van der Waals surface area contributed by atoms with Crippen LogP contribution in [0.5, 0.6) is 5.75 Å². The van der Waals surface area contributed by atoms with Crippen LogP contribution in [0.15, 0.2) is 28.9 Å². The summed E-state index contributed by atoms with van der Waals surface area (Å²) in [6.07, 6.45) is 1.52. The monoisotopic (exact) mass is 282 g/mol. The summed E-state index contributed by atoms with van der Waals surface area (Å²) in [5.41, 5.74) is 0.288. The average molecular weight is 283 g/mol. The highest BCUT2D eigenvalue weighted by Gasteiger charge is 2.18. The number of benzene rings is 1. The average Bonchev–Trinajstić information content (AvgIpc) is 2.29. The molecule has 0 aliphatic rings. The number of halogens is 1. The molecule has 1 heterocycles. The van der Waals surface area contributed by atoms with Crippen molar-refractivity contribution in [3.8, 4) is 5.75 Å². The van der Waals surface area contributed by atoms with Crippen LogP contribution in [-0.4, -0.2) is 17.0 Å². The van der Waals surface area contributed by atoms with Crippen molar-refractivity contribution in [3.63, 3.8) is 0 Å². The number of non-ortho nitro benzene ring substituents is 1. The Hall–Kier alpha value is -1.69. The Bertz CT molecular complexity index is 571. The summed E-state index contributed by atoms with van der Waals surface area (Å²) in [7, 11) is 1.46. The van der Waals surface area contributed by atoms with Gasteiger partial charge in [0.15, 0.2) is 0 Å². The number of hydrogen-bond acceptors (Lipinski definition) is 4. The third-order valence-corrected chi connectivity index (χ3v) is 3.01. The molecule has 0 radical (unpaired) electrons. The van der Waals surface area contributed by atoms with Crippen molar-refractivity contribution in [1.82, 2.24) is 4.98 Å². The summed E-state index contributed by atoms with van der Waals surface area (Å²) >= 11 is 3.34. The van der Waals surface area contributed by atoms with Crippen molar-refractivity contribution in [1.29, 1.82) is 0 Å². The van der Waals surface area contributed by atoms with Crippen LogP contribution in [0, 0.1) is 10.1 Å². The number of fused-ring (bicyclic) bond motifs is 1. The van der Waals surface area contributed by atoms with E-state index in [0.717, 1.165) is 0 Å². The zero-order valence-electron chi connectivity index (χ0n) is 8.31. The van der Waals surface area contributed by atoms with Gasteiger partial charge in [-0.3, -0.25) is 10.1 Å². The third-order valence-electron chi connectivity index (χ3n) is 2.19. The van der Waals surface area contributed by atoms with Crippen LogP contribution in [0.25, 0.3) is 10.9 Å². The second kappa shape index (κ2) is 4.05. The van der Waals surface area contributed by atoms with E-state index in [1.54, 1.807) is 12.1 Å². The highest BCUT2D eigenvalue weighted by atomic mass is 79.9. The molecular formula is C10H7BrN2O3. The Morgan fingerprint density at radius 2 is 2.31 bits per heavy atom. The van der Waals surface area contributed by atoms with Crippen LogP contribution in [0.4, 0.5) is 5.69 Å². The number of nitrogens with zero attached hydrogens (tertiary/aromatic N) is 2. The molecular weight excluding hydrogens is 276 g/mol. The van der Waals surface area contributed by atoms with Gasteiger partial charge in [-0.2, -0.15) is 0 Å². The molecule has 2 aromatic rings. The van der Waals surface area contributed by atoms with Crippen molar-refractivity contribution in [2.75, 3.05) is 7.11 Å². The molecule has 6 heteroatoms. The van der Waals surface area contributed by atoms with Gasteiger partial charge in [0, 0.05) is 11.6 Å². The van der Waals surface area contributed by atoms with Crippen molar-refractivity contribution in [2.24, 2.45) is 0 Å². The first-order chi connectivity index (χ1) is 7.65. The lowest BCUT2D eigenvalue weighted by molar-refractivity contribution is -0.383. The maximum Gasteiger partial charge on any atom is 0.299 e. The summed E-state index contributed by atoms with van der Waals surface area (Å²) in [5.74, 6) is 0.423. The zero-order chi connectivity index (χ0) is 11.7. The first kappa shape index (κ1) is 10.8. The van der Waals surface area contributed by atoms with Gasteiger partial charge in [0.1, 0.15) is 11.3 Å². The van der Waals surface area contributed by atoms with Gasteiger partial charge in [0.2, 0.25) is 0 Å². The highest BCUT2D eigenvalue weighted by molar-refractivity contribution is 9.10. The van der Waals surface area contributed by atoms with Crippen LogP contribution < -0.4 is 4.74 Å². The highest BCUT2D eigenvalue weighted by Crippen LogP contribution is 2.37. The predicted octanol–water partition coefficient (Wildman–Crippen LogP) is 2.91. The topological polar surface area (TPSA) is 65.3 Å². The summed E-state index contributed by atoms with van der Waals surface area (Å²) in [6, 6.07) is 4.83. The molecule has 2 rings (SSSR count). The van der Waals surface area contributed by atoms with Gasteiger partial charge in [0.25, 0.3) is 5.69 Å². The number of nitro groups is 1. The zero-order valence-corrected chi connectivity index (χ0v) is 9.89. The van der Waals surface area contributed by atoms with Crippen LogP contribution in [0.1, 0.15) is 0 Å². The number of hydrogen-bond donors (Lipinski definition) is 0. The minimum Gasteiger partial charge on any atom is -0.495 e. The Kier molecular flexibility index (Phi) is 2.74. The molecule has 1 aromatic carbocycles. The molecule has 0 aliphatic carbocycles. The van der Waals surface area contributed by atoms with E-state index in [-0.39, 0.29) is 5.69 Å². The first-order valence-corrected chi connectivity index (χ1v) is 5.20. The number of methoxy groups -OCH3 is 1. The second-order valence-corrected chi connectivity index (χ2v) is 3.86. The SMILES string of the molecule is COc1cc([N+](=O)[O-])c2ncccc2c1Br. The Morgan fingerprint density at radius 1 is 1.56 bits per heavy atom. The Morgan fingerprint density at radius 3 is 2.94 bits per heavy atom. The second-order valence-electron chi connectivity index (χ2n) is 3.07. The van der Waals surface area contributed by atoms with Gasteiger partial charge in [-0.15, -0.1) is 0 Å². The largest absolute Gasteiger partial charge is 0.495 e. The summed E-state index contributed by atoms with van der Waals surface area (Å²) in [6.45, 7) is 0. The fourth-order valence-electron chi connectivity index (χ4n) is 1.46. The molecule has 0 N–H and O–H groups in total. The molecule has 0 spiro atoms. The van der Waals surface area contributed by atoms with Crippen LogP contribution in [-0.2, 0) is 0 Å². The summed E-state index contributed by atoms with van der Waals surface area (Å²) < 4.78 is 5.73. The van der Waals surface area contributed by atoms with Crippen LogP contribution >= 0.6 is 15.9 Å². The summed E-state index contributed by atoms with van der Waals surface area (Å²) in [4.78, 5) is 14.4. The van der Waals surface area contributed by atoms with Gasteiger partial charge in [-0.05, 0) is 28.1 Å². The van der Waals surface area contributed by atoms with E-state index in [1.807, 2.05) is 0 Å². The minimum absolute atomic E-state index is 0.0596. The third kappa shape index (κ3) is 1.61. The first-order valence-electron chi connectivity index (χ1n) is 4.40. The van der Waals surface area contributed by atoms with E-state index in [0.29, 0.717) is 21.1 Å². The maximum absolute atomic E-state index is 10.9. The lowest BCUT2D eigenvalue weighted by Crippen LogP contribution is -1.94. The summed E-state index contributed by atoms with van der Waals surface area (Å²) in [5, 5.41) is 11.5. The number of pyridine rings is 1. The minimum atomic E-state index is -0.468. The van der Waals surface area contributed by atoms with Gasteiger partial charge in [-0.25, -0.2) is 4.98 Å². The number of rotatable bonds is 2. The fraction of sp³-hybridized carbons (Fsp3) is 0.100. The van der Waals surface area contributed by atoms with E-state index in [2.05, 4.69) is 20.9 Å². The van der Waals surface area contributed by atoms with E-state index in [1.165, 1.54) is 19.4 Å². The van der Waals surface area contributed by atoms with Crippen LogP contribution in [0.2, 0.25) is 0 Å². The molecule has 82 valence electrons. The molecule has 0 amide bonds. The number of aromatic nitrogens is 1. The Balaban J connectivity index is 2.90. The van der Waals surface area contributed by atoms with Gasteiger partial charge in [0.05, 0.1) is 22.6 Å². The van der Waals surface area contributed by atoms with Gasteiger partial charge >= 0.3 is 0 Å². The fourth-order valence-corrected chi connectivity index (χ4v) is 2.06. The molecule has 0 fully saturated rings. The smallest absolute Gasteiger partial charge is 0.299 e.